The first-order valence-corrected chi connectivity index (χ1v) is 12.4. The third-order valence-corrected chi connectivity index (χ3v) is 6.06. The molecule has 0 saturated heterocycles. The summed E-state index contributed by atoms with van der Waals surface area (Å²) in [6.07, 6.45) is 1.15. The van der Waals surface area contributed by atoms with Crippen molar-refractivity contribution in [3.8, 4) is 5.75 Å². The zero-order valence-corrected chi connectivity index (χ0v) is 21.4. The average Bonchev–Trinajstić information content (AvgIpc) is 2.87. The van der Waals surface area contributed by atoms with Crippen molar-refractivity contribution in [1.82, 2.24) is 10.2 Å². The van der Waals surface area contributed by atoms with Gasteiger partial charge in [-0.25, -0.2) is 4.39 Å². The molecular weight excluding hydrogens is 479 g/mol. The van der Waals surface area contributed by atoms with E-state index in [0.29, 0.717) is 35.2 Å². The second-order valence-electron chi connectivity index (χ2n) is 9.05. The van der Waals surface area contributed by atoms with Crippen molar-refractivity contribution in [2.45, 2.75) is 39.3 Å². The Labute approximate surface area is 217 Å². The van der Waals surface area contributed by atoms with E-state index in [-0.39, 0.29) is 30.8 Å². The number of hydrogen-bond donors (Lipinski definition) is 1. The number of nitrogens with one attached hydrogen (secondary N) is 1. The maximum atomic E-state index is 13.5. The molecule has 0 aliphatic heterocycles. The second kappa shape index (κ2) is 13.6. The molecule has 0 aliphatic rings. The molecule has 0 bridgehead atoms. The molecule has 0 saturated carbocycles. The van der Waals surface area contributed by atoms with E-state index in [0.717, 1.165) is 12.0 Å². The van der Waals surface area contributed by atoms with E-state index in [1.807, 2.05) is 30.3 Å². The molecule has 0 heterocycles. The highest BCUT2D eigenvalue weighted by Crippen LogP contribution is 2.23. The predicted molar refractivity (Wildman–Crippen MR) is 140 cm³/mol. The van der Waals surface area contributed by atoms with Crippen LogP contribution < -0.4 is 10.1 Å². The van der Waals surface area contributed by atoms with E-state index in [9.17, 15) is 14.0 Å². The van der Waals surface area contributed by atoms with Crippen LogP contribution in [0, 0.1) is 11.7 Å². The maximum absolute atomic E-state index is 13.5. The summed E-state index contributed by atoms with van der Waals surface area (Å²) in [6.45, 7) is 4.51. The molecule has 0 aliphatic carbocycles. The number of nitrogens with zero attached hydrogens (tertiary/aromatic N) is 1. The minimum atomic E-state index is -0.785. The number of amides is 2. The van der Waals surface area contributed by atoms with Gasteiger partial charge in [-0.2, -0.15) is 0 Å². The highest BCUT2D eigenvalue weighted by Gasteiger charge is 2.30. The molecular formula is C29H32ClFN2O3. The van der Waals surface area contributed by atoms with Crippen molar-refractivity contribution in [3.05, 3.63) is 101 Å². The average molecular weight is 511 g/mol. The van der Waals surface area contributed by atoms with E-state index in [4.69, 9.17) is 16.3 Å². The summed E-state index contributed by atoms with van der Waals surface area (Å²) in [4.78, 5) is 28.4. The summed E-state index contributed by atoms with van der Waals surface area (Å²) >= 11 is 6.19. The number of halogens is 2. The molecule has 3 aromatic carbocycles. The lowest BCUT2D eigenvalue weighted by atomic mass is 10.0. The smallest absolute Gasteiger partial charge is 0.261 e. The number of hydrogen-bond acceptors (Lipinski definition) is 3. The summed E-state index contributed by atoms with van der Waals surface area (Å²) in [5.74, 6) is -0.174. The van der Waals surface area contributed by atoms with Gasteiger partial charge in [0.05, 0.1) is 5.02 Å². The Morgan fingerprint density at radius 1 is 0.944 bits per heavy atom. The summed E-state index contributed by atoms with van der Waals surface area (Å²) in [6, 6.07) is 21.6. The molecule has 3 aromatic rings. The minimum absolute atomic E-state index is 0.125. The predicted octanol–water partition coefficient (Wildman–Crippen LogP) is 5.66. The summed E-state index contributed by atoms with van der Waals surface area (Å²) in [5.41, 5.74) is 1.63. The molecule has 0 spiro atoms. The maximum Gasteiger partial charge on any atom is 0.261 e. The highest BCUT2D eigenvalue weighted by molar-refractivity contribution is 6.32. The molecule has 1 N–H and O–H groups in total. The molecule has 0 unspecified atom stereocenters. The first kappa shape index (κ1) is 27.2. The van der Waals surface area contributed by atoms with Crippen molar-refractivity contribution in [2.24, 2.45) is 5.92 Å². The van der Waals surface area contributed by atoms with Gasteiger partial charge in [-0.15, -0.1) is 0 Å². The van der Waals surface area contributed by atoms with Crippen LogP contribution in [0.4, 0.5) is 4.39 Å². The van der Waals surface area contributed by atoms with E-state index >= 15 is 0 Å². The van der Waals surface area contributed by atoms with Crippen LogP contribution in [0.1, 0.15) is 31.4 Å². The molecule has 36 heavy (non-hydrogen) atoms. The Hall–Kier alpha value is -3.38. The lowest BCUT2D eigenvalue weighted by Gasteiger charge is -2.31. The van der Waals surface area contributed by atoms with Crippen LogP contribution in [0.25, 0.3) is 0 Å². The van der Waals surface area contributed by atoms with Gasteiger partial charge in [-0.3, -0.25) is 9.59 Å². The van der Waals surface area contributed by atoms with Crippen LogP contribution in [0.2, 0.25) is 5.02 Å². The van der Waals surface area contributed by atoms with Crippen LogP contribution in [0.5, 0.6) is 5.75 Å². The van der Waals surface area contributed by atoms with Crippen LogP contribution in [-0.4, -0.2) is 35.9 Å². The number of carbonyl (C=O) groups is 2. The number of carbonyl (C=O) groups excluding carboxylic acids is 2. The molecule has 1 atom stereocenters. The fourth-order valence-corrected chi connectivity index (χ4v) is 3.92. The Balaban J connectivity index is 1.88. The molecule has 0 radical (unpaired) electrons. The Bertz CT molecular complexity index is 1120. The van der Waals surface area contributed by atoms with Crippen molar-refractivity contribution in [1.29, 1.82) is 0 Å². The number of ether oxygens (including phenoxy) is 1. The van der Waals surface area contributed by atoms with E-state index in [2.05, 4.69) is 19.2 Å². The minimum Gasteiger partial charge on any atom is -0.482 e. The summed E-state index contributed by atoms with van der Waals surface area (Å²) < 4.78 is 19.2. The van der Waals surface area contributed by atoms with Gasteiger partial charge < -0.3 is 15.0 Å². The largest absolute Gasteiger partial charge is 0.482 e. The van der Waals surface area contributed by atoms with E-state index in [1.54, 1.807) is 36.4 Å². The molecule has 0 aromatic heterocycles. The van der Waals surface area contributed by atoms with Crippen molar-refractivity contribution < 1.29 is 18.7 Å². The third kappa shape index (κ3) is 8.38. The Morgan fingerprint density at radius 2 is 1.61 bits per heavy atom. The van der Waals surface area contributed by atoms with Gasteiger partial charge in [-0.05, 0) is 47.7 Å². The lowest BCUT2D eigenvalue weighted by Crippen LogP contribution is -2.52. The van der Waals surface area contributed by atoms with Crippen LogP contribution in [0.3, 0.4) is 0 Å². The fraction of sp³-hybridized carbons (Fsp3) is 0.310. The number of rotatable bonds is 12. The second-order valence-corrected chi connectivity index (χ2v) is 9.45. The Kier molecular flexibility index (Phi) is 10.3. The van der Waals surface area contributed by atoms with Gasteiger partial charge in [0.25, 0.3) is 5.91 Å². The van der Waals surface area contributed by atoms with Gasteiger partial charge in [0.15, 0.2) is 6.61 Å². The van der Waals surface area contributed by atoms with Gasteiger partial charge in [0.1, 0.15) is 17.6 Å². The van der Waals surface area contributed by atoms with Crippen molar-refractivity contribution >= 4 is 23.4 Å². The van der Waals surface area contributed by atoms with E-state index < -0.39 is 6.04 Å². The fourth-order valence-electron chi connectivity index (χ4n) is 3.73. The van der Waals surface area contributed by atoms with Crippen molar-refractivity contribution in [2.75, 3.05) is 13.2 Å². The van der Waals surface area contributed by atoms with Crippen LogP contribution >= 0.6 is 11.6 Å². The first-order valence-electron chi connectivity index (χ1n) is 12.1. The van der Waals surface area contributed by atoms with Gasteiger partial charge in [0.2, 0.25) is 5.91 Å². The topological polar surface area (TPSA) is 58.6 Å². The first-order chi connectivity index (χ1) is 17.3. The van der Waals surface area contributed by atoms with Crippen LogP contribution in [-0.2, 0) is 22.6 Å². The highest BCUT2D eigenvalue weighted by atomic mass is 35.5. The summed E-state index contributed by atoms with van der Waals surface area (Å²) in [7, 11) is 0. The molecule has 5 nitrogen and oxygen atoms in total. The zero-order valence-electron chi connectivity index (χ0n) is 20.6. The SMILES string of the molecule is CC(C)CCNC(=O)[C@H](Cc1ccccc1)N(Cc1ccc(F)cc1)C(=O)COc1ccccc1Cl. The normalized spacial score (nSPS) is 11.7. The van der Waals surface area contributed by atoms with Gasteiger partial charge >= 0.3 is 0 Å². The molecule has 0 fully saturated rings. The van der Waals surface area contributed by atoms with E-state index in [1.165, 1.54) is 17.0 Å². The molecule has 2 amide bonds. The zero-order chi connectivity index (χ0) is 25.9. The van der Waals surface area contributed by atoms with Crippen molar-refractivity contribution in [3.63, 3.8) is 0 Å². The van der Waals surface area contributed by atoms with Crippen LogP contribution in [0.15, 0.2) is 78.9 Å². The monoisotopic (exact) mass is 510 g/mol. The molecule has 7 heteroatoms. The number of para-hydroxylation sites is 1. The standard InChI is InChI=1S/C29H32ClFN2O3/c1-21(2)16-17-32-29(35)26(18-22-8-4-3-5-9-22)33(19-23-12-14-24(31)15-13-23)28(34)20-36-27-11-7-6-10-25(27)30/h3-15,21,26H,16-20H2,1-2H3,(H,32,35)/t26-/m0/s1. The third-order valence-electron chi connectivity index (χ3n) is 5.75. The molecule has 190 valence electrons. The van der Waals surface area contributed by atoms with Gasteiger partial charge in [0, 0.05) is 19.5 Å². The Morgan fingerprint density at radius 3 is 2.28 bits per heavy atom. The molecule has 3 rings (SSSR count). The van der Waals surface area contributed by atoms with Gasteiger partial charge in [-0.1, -0.05) is 80.0 Å². The number of benzene rings is 3. The lowest BCUT2D eigenvalue weighted by molar-refractivity contribution is -0.142. The quantitative estimate of drug-likeness (QED) is 0.342. The summed E-state index contributed by atoms with van der Waals surface area (Å²) in [5, 5.41) is 3.38.